The maximum Gasteiger partial charge on any atom is 0.0681 e. The summed E-state index contributed by atoms with van der Waals surface area (Å²) < 4.78 is 0. The van der Waals surface area contributed by atoms with Crippen molar-refractivity contribution in [1.29, 1.82) is 0 Å². The van der Waals surface area contributed by atoms with Crippen LogP contribution in [-0.4, -0.2) is 21.5 Å². The predicted octanol–water partition coefficient (Wildman–Crippen LogP) is 5.00. The Morgan fingerprint density at radius 3 is 2.85 bits per heavy atom. The van der Waals surface area contributed by atoms with Crippen LogP contribution >= 0.6 is 0 Å². The fraction of sp³-hybridized carbons (Fsp3) is 0.391. The molecule has 0 bridgehead atoms. The van der Waals surface area contributed by atoms with Gasteiger partial charge < -0.3 is 10.1 Å². The van der Waals surface area contributed by atoms with E-state index in [0.29, 0.717) is 6.04 Å². The standard InChI is InChI=1S/C23H28N2O/c1-16-12-17(2)23-20(9-10-24-23)21(16)14-25-11-4-3-8-22(25)19-7-5-6-18(13-19)15-26/h5-7,9-10,12-13,22,24,26H,3-4,8,11,14-15H2,1-2H3/t22-/m1/s1. The number of benzene rings is 2. The highest BCUT2D eigenvalue weighted by atomic mass is 16.3. The molecule has 0 amide bonds. The molecule has 1 saturated heterocycles. The van der Waals surface area contributed by atoms with E-state index < -0.39 is 0 Å². The Labute approximate surface area is 155 Å². The maximum absolute atomic E-state index is 9.50. The normalized spacial score (nSPS) is 18.5. The lowest BCUT2D eigenvalue weighted by molar-refractivity contribution is 0.140. The molecule has 3 heteroatoms. The molecule has 0 radical (unpaired) electrons. The molecule has 0 saturated carbocycles. The van der Waals surface area contributed by atoms with Crippen molar-refractivity contribution in [3.05, 3.63) is 70.4 Å². The van der Waals surface area contributed by atoms with Crippen molar-refractivity contribution in [3.63, 3.8) is 0 Å². The quantitative estimate of drug-likeness (QED) is 0.696. The smallest absolute Gasteiger partial charge is 0.0681 e. The minimum atomic E-state index is 0.113. The number of aliphatic hydroxyl groups excluding tert-OH is 1. The zero-order valence-corrected chi connectivity index (χ0v) is 15.8. The molecule has 1 atom stereocenters. The lowest BCUT2D eigenvalue weighted by atomic mass is 9.92. The van der Waals surface area contributed by atoms with E-state index in [1.54, 1.807) is 0 Å². The topological polar surface area (TPSA) is 39.3 Å². The van der Waals surface area contributed by atoms with Crippen LogP contribution in [0.15, 0.2) is 42.6 Å². The van der Waals surface area contributed by atoms with E-state index in [1.165, 1.54) is 52.4 Å². The van der Waals surface area contributed by atoms with Crippen molar-refractivity contribution in [3.8, 4) is 0 Å². The molecular formula is C23H28N2O. The van der Waals surface area contributed by atoms with Gasteiger partial charge in [-0.25, -0.2) is 0 Å². The van der Waals surface area contributed by atoms with E-state index in [4.69, 9.17) is 0 Å². The Kier molecular flexibility index (Phi) is 4.84. The Balaban J connectivity index is 1.69. The number of nitrogens with zero attached hydrogens (tertiary/aromatic N) is 1. The van der Waals surface area contributed by atoms with Crippen LogP contribution in [0, 0.1) is 13.8 Å². The highest BCUT2D eigenvalue weighted by molar-refractivity contribution is 5.86. The van der Waals surface area contributed by atoms with Crippen LogP contribution in [0.5, 0.6) is 0 Å². The molecule has 26 heavy (non-hydrogen) atoms. The van der Waals surface area contributed by atoms with Crippen LogP contribution in [0.4, 0.5) is 0 Å². The Morgan fingerprint density at radius 2 is 2.00 bits per heavy atom. The van der Waals surface area contributed by atoms with E-state index in [9.17, 15) is 5.11 Å². The molecule has 0 unspecified atom stereocenters. The van der Waals surface area contributed by atoms with Gasteiger partial charge in [-0.15, -0.1) is 0 Å². The molecule has 1 aromatic heterocycles. The number of hydrogen-bond donors (Lipinski definition) is 2. The summed E-state index contributed by atoms with van der Waals surface area (Å²) in [4.78, 5) is 6.03. The molecule has 2 aromatic carbocycles. The number of rotatable bonds is 4. The van der Waals surface area contributed by atoms with Crippen molar-refractivity contribution in [1.82, 2.24) is 9.88 Å². The van der Waals surface area contributed by atoms with Gasteiger partial charge in [0.25, 0.3) is 0 Å². The van der Waals surface area contributed by atoms with E-state index in [2.05, 4.69) is 60.3 Å². The van der Waals surface area contributed by atoms with E-state index in [0.717, 1.165) is 18.7 Å². The second-order valence-electron chi connectivity index (χ2n) is 7.64. The van der Waals surface area contributed by atoms with E-state index >= 15 is 0 Å². The molecule has 0 spiro atoms. The average molecular weight is 348 g/mol. The van der Waals surface area contributed by atoms with Crippen molar-refractivity contribution in [2.75, 3.05) is 6.54 Å². The SMILES string of the molecule is Cc1cc(C)c2[nH]ccc2c1CN1CCCC[C@@H]1c1cccc(CO)c1. The number of aromatic nitrogens is 1. The van der Waals surface area contributed by atoms with Gasteiger partial charge in [0.15, 0.2) is 0 Å². The number of aryl methyl sites for hydroxylation is 2. The number of nitrogens with one attached hydrogen (secondary N) is 1. The first-order valence-corrected chi connectivity index (χ1v) is 9.67. The monoisotopic (exact) mass is 348 g/mol. The van der Waals surface area contributed by atoms with E-state index in [-0.39, 0.29) is 6.61 Å². The molecule has 2 heterocycles. The lowest BCUT2D eigenvalue weighted by Gasteiger charge is -2.37. The van der Waals surface area contributed by atoms with Crippen molar-refractivity contribution >= 4 is 10.9 Å². The Hall–Kier alpha value is -2.10. The van der Waals surface area contributed by atoms with Crippen molar-refractivity contribution in [2.45, 2.75) is 52.3 Å². The summed E-state index contributed by atoms with van der Waals surface area (Å²) >= 11 is 0. The first-order valence-electron chi connectivity index (χ1n) is 9.67. The summed E-state index contributed by atoms with van der Waals surface area (Å²) in [5.74, 6) is 0. The molecule has 1 aliphatic rings. The summed E-state index contributed by atoms with van der Waals surface area (Å²) in [5.41, 5.74) is 7.75. The molecule has 3 nitrogen and oxygen atoms in total. The third-order valence-electron chi connectivity index (χ3n) is 5.87. The average Bonchev–Trinajstić information content (AvgIpc) is 3.16. The van der Waals surface area contributed by atoms with Gasteiger partial charge in [0, 0.05) is 29.7 Å². The Bertz CT molecular complexity index is 912. The fourth-order valence-corrected chi connectivity index (χ4v) is 4.51. The highest BCUT2D eigenvalue weighted by Crippen LogP contribution is 2.35. The number of aliphatic hydroxyl groups is 1. The summed E-state index contributed by atoms with van der Waals surface area (Å²) in [6.07, 6.45) is 5.78. The molecule has 4 rings (SSSR count). The number of H-pyrrole nitrogens is 1. The zero-order valence-electron chi connectivity index (χ0n) is 15.8. The minimum Gasteiger partial charge on any atom is -0.392 e. The van der Waals surface area contributed by atoms with Gasteiger partial charge in [-0.05, 0) is 67.1 Å². The van der Waals surface area contributed by atoms with Crippen LogP contribution in [0.25, 0.3) is 10.9 Å². The minimum absolute atomic E-state index is 0.113. The second kappa shape index (κ2) is 7.26. The molecular weight excluding hydrogens is 320 g/mol. The number of piperidine rings is 1. The van der Waals surface area contributed by atoms with Crippen molar-refractivity contribution < 1.29 is 5.11 Å². The molecule has 3 aromatic rings. The van der Waals surface area contributed by atoms with Crippen molar-refractivity contribution in [2.24, 2.45) is 0 Å². The predicted molar refractivity (Wildman–Crippen MR) is 107 cm³/mol. The Morgan fingerprint density at radius 1 is 1.12 bits per heavy atom. The van der Waals surface area contributed by atoms with Gasteiger partial charge in [0.05, 0.1) is 6.61 Å². The third-order valence-corrected chi connectivity index (χ3v) is 5.87. The van der Waals surface area contributed by atoms with E-state index in [1.807, 2.05) is 6.07 Å². The van der Waals surface area contributed by atoms with Gasteiger partial charge in [-0.3, -0.25) is 4.90 Å². The lowest BCUT2D eigenvalue weighted by Crippen LogP contribution is -2.33. The van der Waals surface area contributed by atoms with Gasteiger partial charge in [0.1, 0.15) is 0 Å². The third kappa shape index (κ3) is 3.17. The van der Waals surface area contributed by atoms with Crippen LogP contribution in [-0.2, 0) is 13.2 Å². The summed E-state index contributed by atoms with van der Waals surface area (Å²) in [6.45, 7) is 6.64. The van der Waals surface area contributed by atoms with Gasteiger partial charge in [0.2, 0.25) is 0 Å². The first kappa shape index (κ1) is 17.3. The summed E-state index contributed by atoms with van der Waals surface area (Å²) in [7, 11) is 0. The largest absolute Gasteiger partial charge is 0.392 e. The number of hydrogen-bond acceptors (Lipinski definition) is 2. The number of fused-ring (bicyclic) bond motifs is 1. The van der Waals surface area contributed by atoms with Crippen LogP contribution < -0.4 is 0 Å². The molecule has 0 aliphatic carbocycles. The van der Waals surface area contributed by atoms with Gasteiger partial charge in [-0.1, -0.05) is 36.8 Å². The van der Waals surface area contributed by atoms with Crippen LogP contribution in [0.3, 0.4) is 0 Å². The maximum atomic E-state index is 9.50. The second-order valence-corrected chi connectivity index (χ2v) is 7.64. The summed E-state index contributed by atoms with van der Waals surface area (Å²) in [6, 6.07) is 13.4. The van der Waals surface area contributed by atoms with Gasteiger partial charge >= 0.3 is 0 Å². The molecule has 2 N–H and O–H groups in total. The van der Waals surface area contributed by atoms with Gasteiger partial charge in [-0.2, -0.15) is 0 Å². The number of aromatic amines is 1. The van der Waals surface area contributed by atoms with Crippen LogP contribution in [0.2, 0.25) is 0 Å². The molecule has 1 fully saturated rings. The zero-order chi connectivity index (χ0) is 18.1. The molecule has 136 valence electrons. The fourth-order valence-electron chi connectivity index (χ4n) is 4.51. The molecule has 1 aliphatic heterocycles. The first-order chi connectivity index (χ1) is 12.7. The highest BCUT2D eigenvalue weighted by Gasteiger charge is 2.25. The van der Waals surface area contributed by atoms with Crippen LogP contribution in [0.1, 0.15) is 53.1 Å². The summed E-state index contributed by atoms with van der Waals surface area (Å²) in [5, 5.41) is 10.9. The number of likely N-dealkylation sites (tertiary alicyclic amines) is 1.